The summed E-state index contributed by atoms with van der Waals surface area (Å²) >= 11 is 5.95. The van der Waals surface area contributed by atoms with E-state index in [0.29, 0.717) is 22.4 Å². The van der Waals surface area contributed by atoms with Crippen molar-refractivity contribution >= 4 is 23.2 Å². The molecule has 6 heteroatoms. The zero-order chi connectivity index (χ0) is 17.9. The lowest BCUT2D eigenvalue weighted by Crippen LogP contribution is -2.03. The van der Waals surface area contributed by atoms with Gasteiger partial charge in [-0.2, -0.15) is 0 Å². The molecule has 1 heterocycles. The minimum absolute atomic E-state index is 0.148. The lowest BCUT2D eigenvalue weighted by atomic mass is 10.2. The van der Waals surface area contributed by atoms with E-state index in [1.54, 1.807) is 24.3 Å². The number of halogens is 1. The molecule has 3 aromatic carbocycles. The van der Waals surface area contributed by atoms with Crippen LogP contribution in [0, 0.1) is 0 Å². The molecule has 0 aliphatic carbocycles. The van der Waals surface area contributed by atoms with Gasteiger partial charge in [-0.05, 0) is 48.5 Å². The van der Waals surface area contributed by atoms with Gasteiger partial charge in [-0.25, -0.2) is 0 Å². The third kappa shape index (κ3) is 3.12. The van der Waals surface area contributed by atoms with Crippen molar-refractivity contribution in [1.29, 1.82) is 0 Å². The number of anilines is 2. The van der Waals surface area contributed by atoms with Gasteiger partial charge >= 0.3 is 0 Å². The van der Waals surface area contributed by atoms with Crippen molar-refractivity contribution in [2.75, 3.05) is 5.32 Å². The topological polar surface area (TPSA) is 63.0 Å². The molecular weight excluding hydrogens is 348 g/mol. The van der Waals surface area contributed by atoms with Crippen molar-refractivity contribution in [1.82, 2.24) is 14.8 Å². The Morgan fingerprint density at radius 2 is 1.50 bits per heavy atom. The quantitative estimate of drug-likeness (QED) is 0.534. The summed E-state index contributed by atoms with van der Waals surface area (Å²) in [6.07, 6.45) is 0. The van der Waals surface area contributed by atoms with Crippen LogP contribution in [0.4, 0.5) is 11.6 Å². The van der Waals surface area contributed by atoms with Gasteiger partial charge in [0.2, 0.25) is 5.95 Å². The van der Waals surface area contributed by atoms with Crippen LogP contribution < -0.4 is 5.32 Å². The number of para-hydroxylation sites is 2. The van der Waals surface area contributed by atoms with Crippen molar-refractivity contribution < 1.29 is 5.11 Å². The Bertz CT molecular complexity index is 1030. The Morgan fingerprint density at radius 3 is 2.23 bits per heavy atom. The fourth-order valence-electron chi connectivity index (χ4n) is 2.69. The van der Waals surface area contributed by atoms with Gasteiger partial charge in [0.05, 0.1) is 11.3 Å². The molecular formula is C20H15ClN4O. The molecule has 2 N–H and O–H groups in total. The largest absolute Gasteiger partial charge is 0.507 e. The number of hydrogen-bond acceptors (Lipinski definition) is 4. The summed E-state index contributed by atoms with van der Waals surface area (Å²) in [4.78, 5) is 0. The van der Waals surface area contributed by atoms with Gasteiger partial charge in [0, 0.05) is 10.7 Å². The van der Waals surface area contributed by atoms with Crippen LogP contribution >= 0.6 is 11.6 Å². The smallest absolute Gasteiger partial charge is 0.234 e. The third-order valence-electron chi connectivity index (χ3n) is 3.92. The summed E-state index contributed by atoms with van der Waals surface area (Å²) in [5, 5.41) is 22.8. The molecule has 0 aliphatic heterocycles. The van der Waals surface area contributed by atoms with E-state index in [4.69, 9.17) is 11.6 Å². The summed E-state index contributed by atoms with van der Waals surface area (Å²) in [6, 6.07) is 24.1. The Kier molecular flexibility index (Phi) is 4.29. The molecule has 1 aromatic heterocycles. The molecule has 128 valence electrons. The summed E-state index contributed by atoms with van der Waals surface area (Å²) in [5.41, 5.74) is 2.32. The van der Waals surface area contributed by atoms with Crippen molar-refractivity contribution in [2.24, 2.45) is 0 Å². The van der Waals surface area contributed by atoms with Crippen LogP contribution in [-0.4, -0.2) is 19.9 Å². The monoisotopic (exact) mass is 362 g/mol. The van der Waals surface area contributed by atoms with Gasteiger partial charge in [-0.3, -0.25) is 4.57 Å². The van der Waals surface area contributed by atoms with Crippen LogP contribution in [0.2, 0.25) is 5.02 Å². The first kappa shape index (κ1) is 16.2. The highest BCUT2D eigenvalue weighted by Gasteiger charge is 2.18. The third-order valence-corrected chi connectivity index (χ3v) is 4.17. The van der Waals surface area contributed by atoms with E-state index in [1.807, 2.05) is 59.2 Å². The van der Waals surface area contributed by atoms with Crippen LogP contribution in [0.25, 0.3) is 17.1 Å². The van der Waals surface area contributed by atoms with E-state index in [0.717, 1.165) is 11.4 Å². The van der Waals surface area contributed by atoms with E-state index in [-0.39, 0.29) is 5.75 Å². The molecule has 5 nitrogen and oxygen atoms in total. The molecule has 4 aromatic rings. The molecule has 4 rings (SSSR count). The van der Waals surface area contributed by atoms with Gasteiger partial charge in [0.1, 0.15) is 5.75 Å². The Labute approximate surface area is 155 Å². The summed E-state index contributed by atoms with van der Waals surface area (Å²) in [6.45, 7) is 0. The van der Waals surface area contributed by atoms with Gasteiger partial charge < -0.3 is 10.4 Å². The number of aromatic hydroxyl groups is 1. The maximum Gasteiger partial charge on any atom is 0.234 e. The molecule has 0 unspecified atom stereocenters. The normalized spacial score (nSPS) is 10.7. The first-order valence-electron chi connectivity index (χ1n) is 8.04. The Balaban J connectivity index is 1.85. The molecule has 0 atom stereocenters. The average Bonchev–Trinajstić information content (AvgIpc) is 3.08. The SMILES string of the molecule is Oc1ccccc1-c1nnc(Nc2ccc(Cl)cc2)n1-c1ccccc1. The van der Waals surface area contributed by atoms with Crippen LogP contribution in [0.5, 0.6) is 5.75 Å². The fourth-order valence-corrected chi connectivity index (χ4v) is 2.81. The molecule has 0 spiro atoms. The predicted molar refractivity (Wildman–Crippen MR) is 103 cm³/mol. The molecule has 0 radical (unpaired) electrons. The molecule has 26 heavy (non-hydrogen) atoms. The minimum Gasteiger partial charge on any atom is -0.507 e. The number of rotatable bonds is 4. The second-order valence-corrected chi connectivity index (χ2v) is 6.10. The number of phenols is 1. The van der Waals surface area contributed by atoms with E-state index < -0.39 is 0 Å². The molecule has 0 aliphatic rings. The molecule has 0 saturated carbocycles. The number of phenolic OH excluding ortho intramolecular Hbond substituents is 1. The van der Waals surface area contributed by atoms with Gasteiger partial charge in [0.25, 0.3) is 0 Å². The molecule has 0 bridgehead atoms. The second kappa shape index (κ2) is 6.90. The van der Waals surface area contributed by atoms with Crippen LogP contribution in [0.15, 0.2) is 78.9 Å². The number of benzene rings is 3. The van der Waals surface area contributed by atoms with Crippen molar-refractivity contribution in [3.63, 3.8) is 0 Å². The van der Waals surface area contributed by atoms with E-state index in [9.17, 15) is 5.11 Å². The highest BCUT2D eigenvalue weighted by molar-refractivity contribution is 6.30. The maximum atomic E-state index is 10.2. The van der Waals surface area contributed by atoms with E-state index in [1.165, 1.54) is 0 Å². The van der Waals surface area contributed by atoms with Gasteiger partial charge in [0.15, 0.2) is 5.82 Å². The molecule has 0 saturated heterocycles. The molecule has 0 fully saturated rings. The highest BCUT2D eigenvalue weighted by atomic mass is 35.5. The summed E-state index contributed by atoms with van der Waals surface area (Å²) in [7, 11) is 0. The van der Waals surface area contributed by atoms with E-state index in [2.05, 4.69) is 15.5 Å². The van der Waals surface area contributed by atoms with E-state index >= 15 is 0 Å². The average molecular weight is 363 g/mol. The zero-order valence-electron chi connectivity index (χ0n) is 13.7. The number of nitrogens with one attached hydrogen (secondary N) is 1. The fraction of sp³-hybridized carbons (Fsp3) is 0. The van der Waals surface area contributed by atoms with Crippen LogP contribution in [0.3, 0.4) is 0 Å². The number of aromatic nitrogens is 3. The first-order valence-corrected chi connectivity index (χ1v) is 8.42. The summed E-state index contributed by atoms with van der Waals surface area (Å²) in [5.74, 6) is 1.23. The minimum atomic E-state index is 0.148. The first-order chi connectivity index (χ1) is 12.7. The van der Waals surface area contributed by atoms with Crippen molar-refractivity contribution in [3.05, 3.63) is 83.9 Å². The standard InChI is InChI=1S/C20H15ClN4O/c21-14-10-12-15(13-11-14)22-20-24-23-19(17-8-4-5-9-18(17)26)25(20)16-6-2-1-3-7-16/h1-13,26H,(H,22,24). The second-order valence-electron chi connectivity index (χ2n) is 5.67. The van der Waals surface area contributed by atoms with Gasteiger partial charge in [-0.15, -0.1) is 10.2 Å². The lowest BCUT2D eigenvalue weighted by molar-refractivity contribution is 0.476. The number of nitrogens with zero attached hydrogens (tertiary/aromatic N) is 3. The highest BCUT2D eigenvalue weighted by Crippen LogP contribution is 2.32. The summed E-state index contributed by atoms with van der Waals surface area (Å²) < 4.78 is 1.86. The zero-order valence-corrected chi connectivity index (χ0v) is 14.4. The maximum absolute atomic E-state index is 10.2. The number of hydrogen-bond donors (Lipinski definition) is 2. The van der Waals surface area contributed by atoms with Crippen LogP contribution in [-0.2, 0) is 0 Å². The van der Waals surface area contributed by atoms with Crippen molar-refractivity contribution in [3.8, 4) is 22.8 Å². The van der Waals surface area contributed by atoms with Gasteiger partial charge in [-0.1, -0.05) is 41.9 Å². The molecule has 0 amide bonds. The van der Waals surface area contributed by atoms with Crippen LogP contribution in [0.1, 0.15) is 0 Å². The Hall–Kier alpha value is -3.31. The van der Waals surface area contributed by atoms with Crippen molar-refractivity contribution in [2.45, 2.75) is 0 Å². The lowest BCUT2D eigenvalue weighted by Gasteiger charge is -2.12. The predicted octanol–water partition coefficient (Wildman–Crippen LogP) is 5.04. The Morgan fingerprint density at radius 1 is 0.808 bits per heavy atom.